The molecule has 12 heteroatoms. The number of ether oxygens (including phenoxy) is 1. The Morgan fingerprint density at radius 2 is 1.55 bits per heavy atom. The van der Waals surface area contributed by atoms with Gasteiger partial charge in [0.05, 0.1) is 12.0 Å². The molecule has 330 valence electrons. The van der Waals surface area contributed by atoms with E-state index < -0.39 is 29.7 Å². The molecular formula is C48H71N5O7. The first kappa shape index (κ1) is 48.1. The molecule has 3 aliphatic rings. The molecule has 0 saturated carbocycles. The van der Waals surface area contributed by atoms with Crippen molar-refractivity contribution in [3.63, 3.8) is 0 Å². The fourth-order valence-corrected chi connectivity index (χ4v) is 8.13. The van der Waals surface area contributed by atoms with Crippen LogP contribution >= 0.6 is 0 Å². The van der Waals surface area contributed by atoms with Crippen molar-refractivity contribution in [3.05, 3.63) is 70.8 Å². The Morgan fingerprint density at radius 3 is 2.18 bits per heavy atom. The summed E-state index contributed by atoms with van der Waals surface area (Å²) >= 11 is 0. The summed E-state index contributed by atoms with van der Waals surface area (Å²) in [4.78, 5) is 84.2. The molecule has 2 saturated heterocycles. The first-order valence-electron chi connectivity index (χ1n) is 22.1. The normalized spacial score (nSPS) is 19.8. The predicted octanol–water partition coefficient (Wildman–Crippen LogP) is 6.64. The van der Waals surface area contributed by atoms with Crippen molar-refractivity contribution in [2.75, 3.05) is 26.2 Å². The van der Waals surface area contributed by atoms with Crippen molar-refractivity contribution in [1.82, 2.24) is 25.8 Å². The summed E-state index contributed by atoms with van der Waals surface area (Å²) in [6.45, 7) is 19.6. The molecule has 60 heavy (non-hydrogen) atoms. The third kappa shape index (κ3) is 14.9. The number of ketones is 2. The van der Waals surface area contributed by atoms with Crippen molar-refractivity contribution >= 4 is 35.4 Å². The molecule has 4 atom stereocenters. The SMILES string of the molecule is CC1=C(C)C(=O)C(CCN2CCC(C[C@H](NC(=O)C3CCCN3C(=O)[C@H](/C=C/[C@H](CCC(C)C)NC(=O)OC(C)(C)C)Cc3ccccc3)C(=O)NC(C)C)CC2)=CC1=O. The van der Waals surface area contributed by atoms with Gasteiger partial charge in [-0.25, -0.2) is 4.79 Å². The van der Waals surface area contributed by atoms with Crippen LogP contribution in [-0.2, 0) is 35.1 Å². The van der Waals surface area contributed by atoms with Crippen molar-refractivity contribution in [3.8, 4) is 0 Å². The van der Waals surface area contributed by atoms with Crippen LogP contribution in [0.1, 0.15) is 119 Å². The number of carbonyl (C=O) groups is 6. The standard InChI is InChI=1S/C48H71N5O7/c1-31(2)17-19-39(50-47(59)60-48(7,8)9)20-18-38(28-35-14-11-10-12-15-35)46(58)53-24-13-16-41(53)45(57)51-40(44(56)49-32(3)4)29-36-21-25-52(26-22-36)27-23-37-30-42(54)33(5)34(6)43(37)55/h10-12,14-15,18,20,30-32,36,38-41H,13,16-17,19,21-29H2,1-9H3,(H,49,56)(H,50,59)(H,51,57)/b20-18+/t38-,39+,40+,41?/m1/s1. The molecule has 2 heterocycles. The van der Waals surface area contributed by atoms with E-state index in [9.17, 15) is 28.8 Å². The number of hydrogen-bond acceptors (Lipinski definition) is 8. The molecule has 0 radical (unpaired) electrons. The van der Waals surface area contributed by atoms with Crippen molar-refractivity contribution < 1.29 is 33.5 Å². The van der Waals surface area contributed by atoms with Gasteiger partial charge in [0, 0.05) is 35.9 Å². The number of amides is 4. The van der Waals surface area contributed by atoms with Gasteiger partial charge in [-0.1, -0.05) is 56.3 Å². The molecule has 1 aliphatic carbocycles. The zero-order valence-corrected chi connectivity index (χ0v) is 37.6. The Hall–Kier alpha value is -4.58. The molecule has 2 fully saturated rings. The van der Waals surface area contributed by atoms with Gasteiger partial charge in [-0.15, -0.1) is 0 Å². The first-order chi connectivity index (χ1) is 28.3. The van der Waals surface area contributed by atoms with Gasteiger partial charge in [0.15, 0.2) is 11.6 Å². The van der Waals surface area contributed by atoms with Crippen molar-refractivity contribution in [1.29, 1.82) is 0 Å². The van der Waals surface area contributed by atoms with Crippen LogP contribution in [0.25, 0.3) is 0 Å². The highest BCUT2D eigenvalue weighted by molar-refractivity contribution is 6.22. The van der Waals surface area contributed by atoms with Crippen molar-refractivity contribution in [2.45, 2.75) is 150 Å². The number of likely N-dealkylation sites (tertiary alicyclic amines) is 2. The van der Waals surface area contributed by atoms with E-state index in [0.717, 1.165) is 37.9 Å². The van der Waals surface area contributed by atoms with E-state index in [2.05, 4.69) is 34.7 Å². The number of hydrogen-bond donors (Lipinski definition) is 3. The maximum Gasteiger partial charge on any atom is 0.408 e. The number of Topliss-reactive ketones (excluding diaryl/α,β-unsaturated/α-hetero) is 1. The summed E-state index contributed by atoms with van der Waals surface area (Å²) in [5, 5.41) is 9.06. The van der Waals surface area contributed by atoms with Crippen LogP contribution in [0.5, 0.6) is 0 Å². The minimum atomic E-state index is -0.760. The van der Waals surface area contributed by atoms with Gasteiger partial charge >= 0.3 is 6.09 Å². The number of benzene rings is 1. The maximum atomic E-state index is 14.5. The predicted molar refractivity (Wildman–Crippen MR) is 235 cm³/mol. The largest absolute Gasteiger partial charge is 0.444 e. The van der Waals surface area contributed by atoms with Crippen LogP contribution in [0, 0.1) is 17.8 Å². The molecule has 1 aromatic rings. The topological polar surface area (TPSA) is 154 Å². The highest BCUT2D eigenvalue weighted by Gasteiger charge is 2.39. The Balaban J connectivity index is 1.44. The molecule has 4 amide bonds. The minimum Gasteiger partial charge on any atom is -0.444 e. The molecule has 0 bridgehead atoms. The molecule has 12 nitrogen and oxygen atoms in total. The molecule has 4 rings (SSSR count). The van der Waals surface area contributed by atoms with E-state index in [1.54, 1.807) is 18.7 Å². The first-order valence-corrected chi connectivity index (χ1v) is 22.1. The lowest BCUT2D eigenvalue weighted by Crippen LogP contribution is -2.55. The Morgan fingerprint density at radius 1 is 0.867 bits per heavy atom. The summed E-state index contributed by atoms with van der Waals surface area (Å²) < 4.78 is 5.55. The lowest BCUT2D eigenvalue weighted by Gasteiger charge is -2.34. The minimum absolute atomic E-state index is 0.0548. The van der Waals surface area contributed by atoms with Crippen LogP contribution in [0.2, 0.25) is 0 Å². The summed E-state index contributed by atoms with van der Waals surface area (Å²) in [5.74, 6) is -0.879. The Kier molecular flexibility index (Phi) is 17.9. The summed E-state index contributed by atoms with van der Waals surface area (Å²) in [5.41, 5.74) is 1.91. The average Bonchev–Trinajstić information content (AvgIpc) is 3.68. The monoisotopic (exact) mass is 830 g/mol. The van der Waals surface area contributed by atoms with Gasteiger partial charge in [0.2, 0.25) is 17.7 Å². The van der Waals surface area contributed by atoms with Gasteiger partial charge in [-0.3, -0.25) is 24.0 Å². The molecule has 3 N–H and O–H groups in total. The summed E-state index contributed by atoms with van der Waals surface area (Å²) in [6, 6.07) is 7.83. The van der Waals surface area contributed by atoms with Gasteiger partial charge in [0.25, 0.3) is 0 Å². The third-order valence-corrected chi connectivity index (χ3v) is 11.7. The fraction of sp³-hybridized carbons (Fsp3) is 0.625. The van der Waals surface area contributed by atoms with E-state index >= 15 is 0 Å². The summed E-state index contributed by atoms with van der Waals surface area (Å²) in [6.07, 6.45) is 10.5. The van der Waals surface area contributed by atoms with Crippen LogP contribution in [0.3, 0.4) is 0 Å². The Bertz CT molecular complexity index is 1770. The second kappa shape index (κ2) is 22.3. The maximum absolute atomic E-state index is 14.5. The lowest BCUT2D eigenvalue weighted by atomic mass is 9.88. The van der Waals surface area contributed by atoms with Crippen molar-refractivity contribution in [2.24, 2.45) is 17.8 Å². The molecular weight excluding hydrogens is 759 g/mol. The summed E-state index contributed by atoms with van der Waals surface area (Å²) in [7, 11) is 0. The number of piperidine rings is 1. The van der Waals surface area contributed by atoms with E-state index in [0.29, 0.717) is 74.3 Å². The Labute approximate surface area is 358 Å². The van der Waals surface area contributed by atoms with Gasteiger partial charge in [-0.05, 0) is 143 Å². The highest BCUT2D eigenvalue weighted by atomic mass is 16.6. The quantitative estimate of drug-likeness (QED) is 0.110. The van der Waals surface area contributed by atoms with Gasteiger partial charge < -0.3 is 30.5 Å². The van der Waals surface area contributed by atoms with E-state index in [-0.39, 0.29) is 47.3 Å². The van der Waals surface area contributed by atoms with E-state index in [1.165, 1.54) is 6.08 Å². The number of nitrogens with zero attached hydrogens (tertiary/aromatic N) is 2. The molecule has 0 aromatic heterocycles. The number of carbonyl (C=O) groups excluding carboxylic acids is 6. The molecule has 1 aromatic carbocycles. The van der Waals surface area contributed by atoms with Crippen LogP contribution < -0.4 is 16.0 Å². The lowest BCUT2D eigenvalue weighted by molar-refractivity contribution is -0.141. The van der Waals surface area contributed by atoms with Crippen LogP contribution in [-0.4, -0.2) is 101 Å². The number of alkyl carbamates (subject to hydrolysis) is 1. The zero-order valence-electron chi connectivity index (χ0n) is 37.6. The zero-order chi connectivity index (χ0) is 44.1. The molecule has 2 aliphatic heterocycles. The van der Waals surface area contributed by atoms with E-state index in [1.807, 2.05) is 77.1 Å². The third-order valence-electron chi connectivity index (χ3n) is 11.7. The second-order valence-corrected chi connectivity index (χ2v) is 18.7. The number of rotatable bonds is 18. The smallest absolute Gasteiger partial charge is 0.408 e. The van der Waals surface area contributed by atoms with Crippen LogP contribution in [0.4, 0.5) is 4.79 Å². The van der Waals surface area contributed by atoms with Gasteiger partial charge in [-0.2, -0.15) is 0 Å². The van der Waals surface area contributed by atoms with Gasteiger partial charge in [0.1, 0.15) is 17.7 Å². The molecule has 1 unspecified atom stereocenters. The average molecular weight is 830 g/mol. The fourth-order valence-electron chi connectivity index (χ4n) is 8.13. The molecule has 0 spiro atoms. The van der Waals surface area contributed by atoms with Crippen LogP contribution in [0.15, 0.2) is 65.3 Å². The second-order valence-electron chi connectivity index (χ2n) is 18.7. The number of nitrogens with one attached hydrogen (secondary N) is 3. The van der Waals surface area contributed by atoms with E-state index in [4.69, 9.17) is 4.74 Å². The highest BCUT2D eigenvalue weighted by Crippen LogP contribution is 2.27. The number of allylic oxidation sites excluding steroid dienone is 3.